The van der Waals surface area contributed by atoms with Gasteiger partial charge in [-0.05, 0) is 61.4 Å². The van der Waals surface area contributed by atoms with Crippen LogP contribution in [0.2, 0.25) is 5.02 Å². The second-order valence-electron chi connectivity index (χ2n) is 7.42. The number of carbonyl (C=O) groups is 2. The van der Waals surface area contributed by atoms with E-state index in [1.807, 2.05) is 6.07 Å². The molecule has 2 aliphatic heterocycles. The summed E-state index contributed by atoms with van der Waals surface area (Å²) < 4.78 is 29.6. The number of hydrogen-bond acceptors (Lipinski definition) is 6. The summed E-state index contributed by atoms with van der Waals surface area (Å²) in [5.41, 5.74) is 0.970. The van der Waals surface area contributed by atoms with Crippen LogP contribution < -0.4 is 0 Å². The number of rotatable bonds is 3. The van der Waals surface area contributed by atoms with Crippen molar-refractivity contribution in [2.24, 2.45) is 0 Å². The summed E-state index contributed by atoms with van der Waals surface area (Å²) in [6, 6.07) is 11.5. The molecular formula is C22H17ClN2O5S. The van der Waals surface area contributed by atoms with E-state index in [0.717, 1.165) is 10.5 Å². The maximum Gasteiger partial charge on any atom is 0.271 e. The molecule has 31 heavy (non-hydrogen) atoms. The first-order valence-electron chi connectivity index (χ1n) is 9.47. The minimum absolute atomic E-state index is 0.0962. The first-order chi connectivity index (χ1) is 14.7. The van der Waals surface area contributed by atoms with E-state index in [1.165, 1.54) is 13.0 Å². The van der Waals surface area contributed by atoms with E-state index in [0.29, 0.717) is 16.5 Å². The maximum atomic E-state index is 13.2. The summed E-state index contributed by atoms with van der Waals surface area (Å²) in [6.45, 7) is 1.52. The number of benzene rings is 1. The molecule has 7 nitrogen and oxygen atoms in total. The van der Waals surface area contributed by atoms with Crippen LogP contribution in [0.25, 0.3) is 17.4 Å². The van der Waals surface area contributed by atoms with Gasteiger partial charge in [0.25, 0.3) is 11.8 Å². The monoisotopic (exact) mass is 456 g/mol. The molecule has 1 saturated heterocycles. The third-order valence-corrected chi connectivity index (χ3v) is 7.39. The van der Waals surface area contributed by atoms with Crippen molar-refractivity contribution in [3.63, 3.8) is 0 Å². The van der Waals surface area contributed by atoms with Crippen molar-refractivity contribution in [1.29, 1.82) is 5.26 Å². The van der Waals surface area contributed by atoms with E-state index in [-0.39, 0.29) is 34.6 Å². The highest BCUT2D eigenvalue weighted by Gasteiger charge is 2.43. The molecule has 3 heterocycles. The Morgan fingerprint density at radius 3 is 2.48 bits per heavy atom. The molecule has 0 saturated carbocycles. The standard InChI is InChI=1S/C22H17ClN2O5S/c1-13-18(10-17-6-7-20(30-17)14-2-4-15(23)5-3-14)21(26)25(22(27)19(13)11-24)16-8-9-31(28,29)12-16/h2-7,10,16H,8-9,12H2,1H3/b18-10-/t16-/m0/s1. The van der Waals surface area contributed by atoms with Crippen molar-refractivity contribution in [3.05, 3.63) is 63.9 Å². The third-order valence-electron chi connectivity index (χ3n) is 5.39. The van der Waals surface area contributed by atoms with Gasteiger partial charge in [0.1, 0.15) is 23.2 Å². The summed E-state index contributed by atoms with van der Waals surface area (Å²) in [5, 5.41) is 10.1. The number of nitriles is 1. The second kappa shape index (κ2) is 7.84. The van der Waals surface area contributed by atoms with Crippen LogP contribution in [0.3, 0.4) is 0 Å². The summed E-state index contributed by atoms with van der Waals surface area (Å²) >= 11 is 5.91. The first-order valence-corrected chi connectivity index (χ1v) is 11.7. The summed E-state index contributed by atoms with van der Waals surface area (Å²) in [7, 11) is -3.33. The van der Waals surface area contributed by atoms with Crippen LogP contribution in [-0.2, 0) is 19.4 Å². The highest BCUT2D eigenvalue weighted by atomic mass is 35.5. The molecule has 158 valence electrons. The number of nitrogens with zero attached hydrogens (tertiary/aromatic N) is 2. The van der Waals surface area contributed by atoms with Gasteiger partial charge in [0.15, 0.2) is 9.84 Å². The number of imide groups is 1. The summed E-state index contributed by atoms with van der Waals surface area (Å²) in [5.74, 6) is -0.863. The average Bonchev–Trinajstić information content (AvgIpc) is 3.32. The van der Waals surface area contributed by atoms with Crippen LogP contribution in [0.1, 0.15) is 19.1 Å². The minimum Gasteiger partial charge on any atom is -0.457 e. The lowest BCUT2D eigenvalue weighted by Gasteiger charge is -2.31. The van der Waals surface area contributed by atoms with Crippen LogP contribution >= 0.6 is 11.6 Å². The van der Waals surface area contributed by atoms with Crippen molar-refractivity contribution in [1.82, 2.24) is 4.90 Å². The van der Waals surface area contributed by atoms with E-state index >= 15 is 0 Å². The molecular weight excluding hydrogens is 440 g/mol. The van der Waals surface area contributed by atoms with Crippen LogP contribution in [0, 0.1) is 11.3 Å². The molecule has 2 aliphatic rings. The predicted molar refractivity (Wildman–Crippen MR) is 114 cm³/mol. The number of hydrogen-bond donors (Lipinski definition) is 0. The van der Waals surface area contributed by atoms with Gasteiger partial charge in [0.05, 0.1) is 17.5 Å². The van der Waals surface area contributed by atoms with Gasteiger partial charge in [0.2, 0.25) is 0 Å². The van der Waals surface area contributed by atoms with Crippen molar-refractivity contribution in [2.45, 2.75) is 19.4 Å². The number of furan rings is 1. The van der Waals surface area contributed by atoms with Crippen molar-refractivity contribution >= 4 is 39.3 Å². The lowest BCUT2D eigenvalue weighted by atomic mass is 9.93. The zero-order valence-electron chi connectivity index (χ0n) is 16.5. The zero-order valence-corrected chi connectivity index (χ0v) is 18.0. The van der Waals surface area contributed by atoms with Gasteiger partial charge in [-0.25, -0.2) is 8.42 Å². The van der Waals surface area contributed by atoms with Crippen molar-refractivity contribution in [2.75, 3.05) is 11.5 Å². The largest absolute Gasteiger partial charge is 0.457 e. The Morgan fingerprint density at radius 1 is 1.16 bits per heavy atom. The molecule has 1 aromatic carbocycles. The van der Waals surface area contributed by atoms with Crippen LogP contribution in [0.4, 0.5) is 0 Å². The molecule has 0 aliphatic carbocycles. The Bertz CT molecular complexity index is 1300. The number of sulfone groups is 1. The number of halogens is 1. The van der Waals surface area contributed by atoms with Crippen LogP contribution in [-0.4, -0.2) is 42.7 Å². The molecule has 0 bridgehead atoms. The molecule has 0 unspecified atom stereocenters. The minimum atomic E-state index is -3.33. The molecule has 2 amide bonds. The molecule has 2 aromatic rings. The molecule has 0 spiro atoms. The lowest BCUT2D eigenvalue weighted by Crippen LogP contribution is -2.49. The fourth-order valence-corrected chi connectivity index (χ4v) is 5.58. The summed E-state index contributed by atoms with van der Waals surface area (Å²) in [4.78, 5) is 26.8. The van der Waals surface area contributed by atoms with Crippen LogP contribution in [0.15, 0.2) is 57.5 Å². The van der Waals surface area contributed by atoms with Gasteiger partial charge >= 0.3 is 0 Å². The van der Waals surface area contributed by atoms with Gasteiger partial charge in [-0.2, -0.15) is 5.26 Å². The molecule has 1 atom stereocenters. The topological polar surface area (TPSA) is 108 Å². The molecule has 1 aromatic heterocycles. The van der Waals surface area contributed by atoms with Gasteiger partial charge in [-0.1, -0.05) is 11.6 Å². The Balaban J connectivity index is 1.73. The van der Waals surface area contributed by atoms with E-state index < -0.39 is 27.7 Å². The van der Waals surface area contributed by atoms with Crippen molar-refractivity contribution < 1.29 is 22.4 Å². The van der Waals surface area contributed by atoms with Crippen molar-refractivity contribution in [3.8, 4) is 17.4 Å². The molecule has 1 fully saturated rings. The van der Waals surface area contributed by atoms with Gasteiger partial charge in [-0.15, -0.1) is 0 Å². The first kappa shape index (κ1) is 21.1. The van der Waals surface area contributed by atoms with E-state index in [9.17, 15) is 23.3 Å². The zero-order chi connectivity index (χ0) is 22.3. The average molecular weight is 457 g/mol. The van der Waals surface area contributed by atoms with Gasteiger partial charge in [-0.3, -0.25) is 14.5 Å². The highest BCUT2D eigenvalue weighted by molar-refractivity contribution is 7.91. The predicted octanol–water partition coefficient (Wildman–Crippen LogP) is 3.38. The van der Waals surface area contributed by atoms with E-state index in [2.05, 4.69) is 0 Å². The van der Waals surface area contributed by atoms with Gasteiger partial charge < -0.3 is 4.42 Å². The summed E-state index contributed by atoms with van der Waals surface area (Å²) in [6.07, 6.45) is 1.63. The normalized spacial score (nSPS) is 22.3. The second-order valence-corrected chi connectivity index (χ2v) is 10.1. The lowest BCUT2D eigenvalue weighted by molar-refractivity contribution is -0.142. The maximum absolute atomic E-state index is 13.2. The SMILES string of the molecule is CC1=C(C#N)C(=O)N([C@H]2CCS(=O)(=O)C2)C(=O)/C1=C\c1ccc(-c2ccc(Cl)cc2)o1. The fourth-order valence-electron chi connectivity index (χ4n) is 3.75. The Kier molecular flexibility index (Phi) is 5.33. The number of carbonyl (C=O) groups excluding carboxylic acids is 2. The fraction of sp³-hybridized carbons (Fsp3) is 0.227. The highest BCUT2D eigenvalue weighted by Crippen LogP contribution is 2.32. The molecule has 4 rings (SSSR count). The van der Waals surface area contributed by atoms with E-state index in [4.69, 9.17) is 16.0 Å². The Hall–Kier alpha value is -3.15. The Morgan fingerprint density at radius 2 is 1.87 bits per heavy atom. The van der Waals surface area contributed by atoms with Crippen LogP contribution in [0.5, 0.6) is 0 Å². The third kappa shape index (κ3) is 3.94. The Labute approximate surface area is 184 Å². The molecule has 0 N–H and O–H groups in total. The van der Waals surface area contributed by atoms with E-state index in [1.54, 1.807) is 36.4 Å². The van der Waals surface area contributed by atoms with Gasteiger partial charge in [0, 0.05) is 16.2 Å². The number of amides is 2. The quantitative estimate of drug-likeness (QED) is 0.517. The molecule has 9 heteroatoms. The smallest absolute Gasteiger partial charge is 0.271 e. The molecule has 0 radical (unpaired) electrons.